The number of imidazole rings is 1. The van der Waals surface area contributed by atoms with E-state index in [1.165, 1.54) is 16.7 Å². The van der Waals surface area contributed by atoms with Crippen LogP contribution in [0.1, 0.15) is 25.2 Å². The van der Waals surface area contributed by atoms with Gasteiger partial charge in [0.1, 0.15) is 11.6 Å². The average Bonchev–Trinajstić information content (AvgIpc) is 2.99. The number of ether oxygens (including phenoxy) is 1. The molecule has 0 bridgehead atoms. The van der Waals surface area contributed by atoms with Crippen molar-refractivity contribution < 1.29 is 9.13 Å². The van der Waals surface area contributed by atoms with Crippen LogP contribution in [-0.2, 0) is 24.9 Å². The van der Waals surface area contributed by atoms with E-state index in [0.29, 0.717) is 30.1 Å². The Hall–Kier alpha value is -2.78. The Kier molecular flexibility index (Phi) is 5.10. The normalized spacial score (nSPS) is 20.4. The molecule has 0 unspecified atom stereocenters. The van der Waals surface area contributed by atoms with Crippen molar-refractivity contribution in [2.24, 2.45) is 7.05 Å². The molecule has 3 aromatic rings. The molecule has 8 nitrogen and oxygen atoms in total. The number of hydrogen-bond acceptors (Lipinski definition) is 5. The van der Waals surface area contributed by atoms with E-state index in [-0.39, 0.29) is 18.0 Å². The highest BCUT2D eigenvalue weighted by Gasteiger charge is 2.25. The molecule has 0 amide bonds. The third-order valence-corrected chi connectivity index (χ3v) is 5.20. The molecule has 1 N–H and O–H groups in total. The summed E-state index contributed by atoms with van der Waals surface area (Å²) in [6.07, 6.45) is 0.197. The number of aromatic nitrogens is 4. The van der Waals surface area contributed by atoms with E-state index in [1.807, 2.05) is 18.4 Å². The minimum Gasteiger partial charge on any atom is -0.373 e. The van der Waals surface area contributed by atoms with E-state index in [1.54, 1.807) is 19.2 Å². The van der Waals surface area contributed by atoms with Gasteiger partial charge in [0, 0.05) is 26.7 Å². The van der Waals surface area contributed by atoms with Crippen LogP contribution in [0, 0.1) is 5.82 Å². The number of aromatic amines is 1. The number of hydrogen-bond donors (Lipinski definition) is 1. The maximum atomic E-state index is 13.3. The van der Waals surface area contributed by atoms with Crippen LogP contribution in [0.4, 0.5) is 4.39 Å². The molecule has 0 radical (unpaired) electrons. The number of nitrogens with zero attached hydrogens (tertiary/aromatic N) is 4. The van der Waals surface area contributed by atoms with Crippen molar-refractivity contribution in [1.29, 1.82) is 0 Å². The van der Waals surface area contributed by atoms with Crippen molar-refractivity contribution in [1.82, 2.24) is 24.0 Å². The number of rotatable bonds is 4. The zero-order chi connectivity index (χ0) is 20.7. The van der Waals surface area contributed by atoms with Gasteiger partial charge in [0.25, 0.3) is 5.56 Å². The molecular weight excluding hydrogens is 377 g/mol. The molecule has 9 heteroatoms. The van der Waals surface area contributed by atoms with Gasteiger partial charge in [-0.05, 0) is 31.5 Å². The van der Waals surface area contributed by atoms with Gasteiger partial charge >= 0.3 is 5.69 Å². The number of morpholine rings is 1. The Labute approximate surface area is 166 Å². The first kappa shape index (κ1) is 19.5. The molecule has 29 heavy (non-hydrogen) atoms. The molecule has 1 aromatic carbocycles. The summed E-state index contributed by atoms with van der Waals surface area (Å²) in [4.78, 5) is 33.9. The third kappa shape index (κ3) is 3.88. The van der Waals surface area contributed by atoms with Crippen LogP contribution in [0.25, 0.3) is 11.2 Å². The molecule has 2 aromatic heterocycles. The second-order valence-electron chi connectivity index (χ2n) is 7.68. The quantitative estimate of drug-likeness (QED) is 0.711. The molecule has 1 aliphatic rings. The largest absolute Gasteiger partial charge is 0.373 e. The molecule has 0 saturated carbocycles. The third-order valence-electron chi connectivity index (χ3n) is 5.20. The fraction of sp³-hybridized carbons (Fsp3) is 0.450. The zero-order valence-electron chi connectivity index (χ0n) is 16.7. The van der Waals surface area contributed by atoms with Gasteiger partial charge in [-0.25, -0.2) is 14.2 Å². The van der Waals surface area contributed by atoms with Crippen LogP contribution in [0.15, 0.2) is 33.9 Å². The van der Waals surface area contributed by atoms with Gasteiger partial charge in [0.05, 0.1) is 18.8 Å². The van der Waals surface area contributed by atoms with Gasteiger partial charge in [-0.15, -0.1) is 0 Å². The number of halogens is 1. The highest BCUT2D eigenvalue weighted by atomic mass is 19.1. The minimum atomic E-state index is -0.505. The second kappa shape index (κ2) is 7.57. The summed E-state index contributed by atoms with van der Waals surface area (Å²) in [5.74, 6) is 0.360. The zero-order valence-corrected chi connectivity index (χ0v) is 16.7. The molecule has 4 rings (SSSR count). The summed E-state index contributed by atoms with van der Waals surface area (Å²) >= 11 is 0. The minimum absolute atomic E-state index is 0.0986. The number of fused-ring (bicyclic) bond motifs is 1. The van der Waals surface area contributed by atoms with E-state index in [4.69, 9.17) is 4.74 Å². The van der Waals surface area contributed by atoms with Gasteiger partial charge in [-0.1, -0.05) is 12.1 Å². The highest BCUT2D eigenvalue weighted by Crippen LogP contribution is 2.18. The monoisotopic (exact) mass is 401 g/mol. The number of aryl methyl sites for hydroxylation is 1. The molecule has 1 aliphatic heterocycles. The Morgan fingerprint density at radius 3 is 2.45 bits per heavy atom. The topological polar surface area (TPSA) is 85.2 Å². The number of benzene rings is 1. The Morgan fingerprint density at radius 2 is 1.79 bits per heavy atom. The second-order valence-corrected chi connectivity index (χ2v) is 7.68. The van der Waals surface area contributed by atoms with Crippen LogP contribution >= 0.6 is 0 Å². The Bertz CT molecular complexity index is 1140. The fourth-order valence-electron chi connectivity index (χ4n) is 3.96. The lowest BCUT2D eigenvalue weighted by molar-refractivity contribution is -0.0712. The van der Waals surface area contributed by atoms with Crippen LogP contribution in [0.5, 0.6) is 0 Å². The summed E-state index contributed by atoms with van der Waals surface area (Å²) in [6, 6.07) is 6.14. The van der Waals surface area contributed by atoms with Crippen LogP contribution < -0.4 is 11.2 Å². The summed E-state index contributed by atoms with van der Waals surface area (Å²) in [5, 5.41) is 0. The van der Waals surface area contributed by atoms with Crippen molar-refractivity contribution in [3.8, 4) is 0 Å². The molecule has 3 heterocycles. The molecular formula is C20H24FN5O3. The maximum Gasteiger partial charge on any atom is 0.329 e. The SMILES string of the molecule is C[C@@H]1CN(Cc2nc3c(c(=O)[nH]c(=O)n3C)n2Cc2ccc(F)cc2)C[C@@H](C)O1. The van der Waals surface area contributed by atoms with E-state index < -0.39 is 11.2 Å². The van der Waals surface area contributed by atoms with Gasteiger partial charge in [0.15, 0.2) is 11.2 Å². The standard InChI is InChI=1S/C20H24FN5O3/c1-12-8-25(9-13(2)29-12)11-16-22-18-17(19(27)23-20(28)24(18)3)26(16)10-14-4-6-15(21)7-5-14/h4-7,12-13H,8-11H2,1-3H3,(H,23,27,28)/t12-,13-/m1/s1. The molecule has 0 spiro atoms. The lowest BCUT2D eigenvalue weighted by Gasteiger charge is -2.35. The summed E-state index contributed by atoms with van der Waals surface area (Å²) in [6.45, 7) is 6.42. The van der Waals surface area contributed by atoms with Crippen molar-refractivity contribution in [2.75, 3.05) is 13.1 Å². The van der Waals surface area contributed by atoms with E-state index >= 15 is 0 Å². The van der Waals surface area contributed by atoms with E-state index in [0.717, 1.165) is 18.7 Å². The highest BCUT2D eigenvalue weighted by molar-refractivity contribution is 5.71. The van der Waals surface area contributed by atoms with Gasteiger partial charge in [0.2, 0.25) is 0 Å². The van der Waals surface area contributed by atoms with Crippen LogP contribution in [-0.4, -0.2) is 49.3 Å². The maximum absolute atomic E-state index is 13.3. The average molecular weight is 401 g/mol. The Balaban J connectivity index is 1.80. The lowest BCUT2D eigenvalue weighted by Crippen LogP contribution is -2.45. The van der Waals surface area contributed by atoms with Crippen molar-refractivity contribution in [2.45, 2.75) is 39.1 Å². The van der Waals surface area contributed by atoms with E-state index in [9.17, 15) is 14.0 Å². The lowest BCUT2D eigenvalue weighted by atomic mass is 10.2. The molecule has 1 saturated heterocycles. The first-order valence-corrected chi connectivity index (χ1v) is 9.62. The number of nitrogens with one attached hydrogen (secondary N) is 1. The molecule has 1 fully saturated rings. The molecule has 2 atom stereocenters. The van der Waals surface area contributed by atoms with Crippen molar-refractivity contribution in [3.05, 3.63) is 62.3 Å². The number of H-pyrrole nitrogens is 1. The Morgan fingerprint density at radius 1 is 1.14 bits per heavy atom. The van der Waals surface area contributed by atoms with Gasteiger partial charge in [-0.2, -0.15) is 0 Å². The van der Waals surface area contributed by atoms with Crippen molar-refractivity contribution >= 4 is 11.2 Å². The van der Waals surface area contributed by atoms with Crippen LogP contribution in [0.3, 0.4) is 0 Å². The smallest absolute Gasteiger partial charge is 0.329 e. The predicted molar refractivity (Wildman–Crippen MR) is 106 cm³/mol. The predicted octanol–water partition coefficient (Wildman–Crippen LogP) is 1.22. The van der Waals surface area contributed by atoms with Crippen LogP contribution in [0.2, 0.25) is 0 Å². The molecule has 0 aliphatic carbocycles. The van der Waals surface area contributed by atoms with Crippen molar-refractivity contribution in [3.63, 3.8) is 0 Å². The van der Waals surface area contributed by atoms with Gasteiger partial charge in [-0.3, -0.25) is 19.2 Å². The summed E-state index contributed by atoms with van der Waals surface area (Å²) < 4.78 is 22.3. The van der Waals surface area contributed by atoms with E-state index in [2.05, 4.69) is 14.9 Å². The summed E-state index contributed by atoms with van der Waals surface area (Å²) in [5.41, 5.74) is 0.525. The summed E-state index contributed by atoms with van der Waals surface area (Å²) in [7, 11) is 1.58. The first-order valence-electron chi connectivity index (χ1n) is 9.62. The fourth-order valence-corrected chi connectivity index (χ4v) is 3.96. The first-order chi connectivity index (χ1) is 13.8. The van der Waals surface area contributed by atoms with Gasteiger partial charge < -0.3 is 9.30 Å². The molecule has 154 valence electrons.